The molecule has 0 unspecified atom stereocenters. The molecule has 6 heteroatoms. The van der Waals surface area contributed by atoms with Crippen LogP contribution in [0.4, 0.5) is 0 Å². The lowest BCUT2D eigenvalue weighted by atomic mass is 9.67. The van der Waals surface area contributed by atoms with E-state index in [1.807, 2.05) is 22.7 Å². The topological polar surface area (TPSA) is 19.7 Å². The van der Waals surface area contributed by atoms with Crippen LogP contribution in [0.2, 0.25) is 0 Å². The molecule has 18 aromatic carbocycles. The summed E-state index contributed by atoms with van der Waals surface area (Å²) in [6.45, 7) is 0. The maximum atomic E-state index is 2.68. The highest BCUT2D eigenvalue weighted by Gasteiger charge is 2.46. The lowest BCUT2D eigenvalue weighted by Crippen LogP contribution is -2.28. The molecule has 109 heavy (non-hydrogen) atoms. The number of benzene rings is 18. The quantitative estimate of drug-likeness (QED) is 0.142. The zero-order valence-corrected chi connectivity index (χ0v) is 60.4. The maximum Gasteiger partial charge on any atom is 0.0727 e. The molecule has 0 radical (unpaired) electrons. The summed E-state index contributed by atoms with van der Waals surface area (Å²) in [6, 6.07) is 138. The molecule has 6 heterocycles. The Labute approximate surface area is 632 Å². The van der Waals surface area contributed by atoms with Gasteiger partial charge in [-0.15, -0.1) is 22.7 Å². The van der Waals surface area contributed by atoms with Gasteiger partial charge in [0.2, 0.25) is 0 Å². The Bertz CT molecular complexity index is 8010. The second-order valence-corrected chi connectivity index (χ2v) is 31.7. The van der Waals surface area contributed by atoms with Crippen LogP contribution < -0.4 is 0 Å². The number of hydrogen-bond acceptors (Lipinski definition) is 2. The Morgan fingerprint density at radius 2 is 0.578 bits per heavy atom. The van der Waals surface area contributed by atoms with E-state index in [9.17, 15) is 0 Å². The Morgan fingerprint density at radius 3 is 1.16 bits per heavy atom. The zero-order chi connectivity index (χ0) is 70.9. The molecule has 4 nitrogen and oxygen atoms in total. The molecule has 0 atom stereocenters. The van der Waals surface area contributed by atoms with Crippen LogP contribution in [0.3, 0.4) is 0 Å². The van der Waals surface area contributed by atoms with Crippen LogP contribution in [0.1, 0.15) is 22.3 Å². The lowest BCUT2D eigenvalue weighted by Gasteiger charge is -2.34. The molecule has 1 aliphatic carbocycles. The maximum absolute atomic E-state index is 2.68. The van der Waals surface area contributed by atoms with E-state index in [4.69, 9.17) is 0 Å². The first kappa shape index (κ1) is 59.6. The smallest absolute Gasteiger partial charge is 0.0727 e. The number of thiophene rings is 2. The Hall–Kier alpha value is -13.6. The van der Waals surface area contributed by atoms with Crippen LogP contribution in [0.15, 0.2) is 364 Å². The molecule has 0 fully saturated rings. The van der Waals surface area contributed by atoms with Crippen molar-refractivity contribution < 1.29 is 0 Å². The predicted octanol–water partition coefficient (Wildman–Crippen LogP) is 28.3. The molecule has 504 valence electrons. The molecule has 0 bridgehead atoms. The minimum absolute atomic E-state index is 0.617. The second kappa shape index (κ2) is 22.2. The largest absolute Gasteiger partial charge is 0.309 e. The molecule has 0 spiro atoms. The average molecular weight is 1420 g/mol. The molecule has 0 amide bonds. The van der Waals surface area contributed by atoms with Gasteiger partial charge in [-0.1, -0.05) is 273 Å². The number of aromatic nitrogens is 4. The first-order valence-corrected chi connectivity index (χ1v) is 39.3. The van der Waals surface area contributed by atoms with Gasteiger partial charge in [-0.2, -0.15) is 0 Å². The summed E-state index contributed by atoms with van der Waals surface area (Å²) in [7, 11) is 0. The van der Waals surface area contributed by atoms with Crippen molar-refractivity contribution in [1.29, 1.82) is 0 Å². The normalized spacial score (nSPS) is 13.0. The highest BCUT2D eigenvalue weighted by molar-refractivity contribution is 7.27. The van der Waals surface area contributed by atoms with E-state index in [1.165, 1.54) is 188 Å². The van der Waals surface area contributed by atoms with Crippen LogP contribution >= 0.6 is 22.7 Å². The van der Waals surface area contributed by atoms with Crippen LogP contribution in [-0.4, -0.2) is 18.3 Å². The Kier molecular flexibility index (Phi) is 12.2. The number of fused-ring (bicyclic) bond motifs is 33. The van der Waals surface area contributed by atoms with Crippen LogP contribution in [-0.2, 0) is 5.41 Å². The summed E-state index contributed by atoms with van der Waals surface area (Å²) in [6.07, 6.45) is 0. The molecule has 0 aliphatic heterocycles. The van der Waals surface area contributed by atoms with Gasteiger partial charge >= 0.3 is 0 Å². The molecular formula is C103H60N4S2. The fourth-order valence-corrected chi connectivity index (χ4v) is 22.5. The Morgan fingerprint density at radius 1 is 0.202 bits per heavy atom. The van der Waals surface area contributed by atoms with Gasteiger partial charge in [-0.05, 0) is 168 Å². The fraction of sp³-hybridized carbons (Fsp3) is 0.00971. The summed E-state index contributed by atoms with van der Waals surface area (Å²) < 4.78 is 15.4. The number of nitrogens with zero attached hydrogens (tertiary/aromatic N) is 4. The van der Waals surface area contributed by atoms with Crippen molar-refractivity contribution in [2.45, 2.75) is 5.41 Å². The van der Waals surface area contributed by atoms with Gasteiger partial charge in [0.25, 0.3) is 0 Å². The van der Waals surface area contributed by atoms with Crippen LogP contribution in [0, 0.1) is 0 Å². The van der Waals surface area contributed by atoms with Crippen molar-refractivity contribution in [2.75, 3.05) is 0 Å². The zero-order valence-electron chi connectivity index (χ0n) is 58.7. The van der Waals surface area contributed by atoms with Crippen molar-refractivity contribution in [2.24, 2.45) is 0 Å². The van der Waals surface area contributed by atoms with Gasteiger partial charge in [-0.25, -0.2) is 0 Å². The number of para-hydroxylation sites is 5. The summed E-state index contributed by atoms with van der Waals surface area (Å²) in [4.78, 5) is 0. The molecule has 25 rings (SSSR count). The molecule has 0 N–H and O–H groups in total. The minimum atomic E-state index is -0.617. The van der Waals surface area contributed by atoms with Gasteiger partial charge in [0.15, 0.2) is 0 Å². The molecular weight excluding hydrogens is 1360 g/mol. The fourth-order valence-electron chi connectivity index (χ4n) is 20.1. The predicted molar refractivity (Wildman–Crippen MR) is 465 cm³/mol. The Balaban J connectivity index is 0.813. The lowest BCUT2D eigenvalue weighted by molar-refractivity contribution is 0.767. The first-order valence-electron chi connectivity index (χ1n) is 37.6. The van der Waals surface area contributed by atoms with Crippen molar-refractivity contribution >= 4 is 183 Å². The van der Waals surface area contributed by atoms with Gasteiger partial charge in [-0.3, -0.25) is 0 Å². The van der Waals surface area contributed by atoms with E-state index >= 15 is 0 Å². The summed E-state index contributed by atoms with van der Waals surface area (Å²) >= 11 is 3.85. The van der Waals surface area contributed by atoms with E-state index < -0.39 is 5.41 Å². The van der Waals surface area contributed by atoms with Gasteiger partial charge in [0.1, 0.15) is 0 Å². The van der Waals surface area contributed by atoms with E-state index in [0.717, 1.165) is 39.4 Å². The highest BCUT2D eigenvalue weighted by Crippen LogP contribution is 2.59. The third-order valence-corrected chi connectivity index (χ3v) is 26.7. The molecule has 1 aliphatic rings. The van der Waals surface area contributed by atoms with E-state index in [2.05, 4.69) is 382 Å². The summed E-state index contributed by atoms with van der Waals surface area (Å²) in [5.74, 6) is 0. The van der Waals surface area contributed by atoms with E-state index in [-0.39, 0.29) is 0 Å². The molecule has 0 saturated heterocycles. The molecule has 0 saturated carbocycles. The van der Waals surface area contributed by atoms with Gasteiger partial charge in [0, 0.05) is 96.8 Å². The minimum Gasteiger partial charge on any atom is -0.309 e. The SMILES string of the molecule is c1ccc(-n2c3ccccc3c3c4c5ccccc5n(-c5ccc6c7ccccc7c7ccccc7c6c5)c4c4sc5ccc(-c6ccc7c8c9c%10ccccc%10n(-c%10ccccc%10)c9c9c%10ccccc%10sc9c8n(-c8ccc9c(c8)C(c8ccccc8)(c8ccccc8)c8ccccc8-9)c7c6)cc5c4c32)cc1. The number of hydrogen-bond donors (Lipinski definition) is 0. The van der Waals surface area contributed by atoms with Crippen molar-refractivity contribution in [3.63, 3.8) is 0 Å². The van der Waals surface area contributed by atoms with E-state index in [1.54, 1.807) is 0 Å². The monoisotopic (exact) mass is 1420 g/mol. The molecule has 6 aromatic heterocycles. The third-order valence-electron chi connectivity index (χ3n) is 24.3. The van der Waals surface area contributed by atoms with Crippen molar-refractivity contribution in [1.82, 2.24) is 18.3 Å². The molecule has 24 aromatic rings. The number of rotatable bonds is 7. The third kappa shape index (κ3) is 7.90. The summed E-state index contributed by atoms with van der Waals surface area (Å²) in [5, 5.41) is 22.6. The standard InChI is InChI=1S/C103H60N4S2/c1-5-27-63(28-6-1)103(64-29-7-2-8-30-64)83-44-22-17-39-74(83)75-55-52-68(60-84(75)103)107-88-58-62(49-53-79(88)94-92-77-41-19-23-45-85(77)104(65-31-9-3-10-32-65)97(92)95-80-43-21-26-48-89(80)108-101(95)100(94)107)61-50-56-90-82(57-61)96-98-91(76-40-18-24-46-86(76)105(98)66-33-11-4-12-34-66)93-78-42-20-25-47-87(78)106(99(93)102(96)109-90)67-51-54-73-71-37-14-13-35-69(71)70-36-15-16-38-72(70)81(73)59-67/h1-60H. The highest BCUT2D eigenvalue weighted by atomic mass is 32.1. The van der Waals surface area contributed by atoms with E-state index in [0.29, 0.717) is 0 Å². The van der Waals surface area contributed by atoms with Gasteiger partial charge < -0.3 is 18.3 Å². The second-order valence-electron chi connectivity index (χ2n) is 29.6. The van der Waals surface area contributed by atoms with Crippen molar-refractivity contribution in [3.05, 3.63) is 386 Å². The average Bonchev–Trinajstić information content (AvgIpc) is 1.52. The van der Waals surface area contributed by atoms with Crippen LogP contribution in [0.25, 0.3) is 205 Å². The van der Waals surface area contributed by atoms with Crippen LogP contribution in [0.5, 0.6) is 0 Å². The first-order chi connectivity index (χ1) is 54.1. The van der Waals surface area contributed by atoms with Crippen molar-refractivity contribution in [3.8, 4) is 45.0 Å². The van der Waals surface area contributed by atoms with Gasteiger partial charge in [0.05, 0.1) is 58.9 Å². The summed E-state index contributed by atoms with van der Waals surface area (Å²) in [5.41, 5.74) is 23.4.